The van der Waals surface area contributed by atoms with Crippen LogP contribution in [-0.4, -0.2) is 66.1 Å². The molecule has 0 bridgehead atoms. The normalized spacial score (nSPS) is 18.1. The van der Waals surface area contributed by atoms with Gasteiger partial charge in [0.2, 0.25) is 0 Å². The summed E-state index contributed by atoms with van der Waals surface area (Å²) in [5.74, 6) is -2.74. The zero-order valence-electron chi connectivity index (χ0n) is 18.9. The van der Waals surface area contributed by atoms with Crippen molar-refractivity contribution in [2.75, 3.05) is 26.3 Å². The Labute approximate surface area is 205 Å². The van der Waals surface area contributed by atoms with Crippen LogP contribution in [0.5, 0.6) is 11.5 Å². The van der Waals surface area contributed by atoms with Crippen LogP contribution >= 0.6 is 11.6 Å². The topological polar surface area (TPSA) is 105 Å². The minimum atomic E-state index is -1.12. The second-order valence-corrected chi connectivity index (χ2v) is 8.62. The van der Waals surface area contributed by atoms with Crippen LogP contribution in [0, 0.1) is 18.6 Å². The molecule has 188 valence electrons. The molecule has 1 heterocycles. The molecule has 1 aliphatic heterocycles. The number of ketones is 1. The van der Waals surface area contributed by atoms with E-state index in [9.17, 15) is 28.3 Å². The third-order valence-corrected chi connectivity index (χ3v) is 5.85. The quantitative estimate of drug-likeness (QED) is 0.506. The number of benzene rings is 2. The summed E-state index contributed by atoms with van der Waals surface area (Å²) in [6.45, 7) is 1.01. The number of carboxylic acids is 1. The Hall–Kier alpha value is -3.24. The molecule has 2 unspecified atom stereocenters. The fraction of sp³-hybridized carbons (Fsp3) is 0.375. The van der Waals surface area contributed by atoms with E-state index in [1.807, 2.05) is 0 Å². The molecule has 0 saturated carbocycles. The van der Waals surface area contributed by atoms with Gasteiger partial charge in [0.1, 0.15) is 35.8 Å². The number of rotatable bonds is 10. The number of nitrogens with zero attached hydrogens (tertiary/aromatic N) is 1. The molecule has 1 aliphatic rings. The summed E-state index contributed by atoms with van der Waals surface area (Å²) in [6, 6.07) is 6.64. The zero-order valence-corrected chi connectivity index (χ0v) is 19.7. The van der Waals surface area contributed by atoms with Crippen LogP contribution < -0.4 is 14.8 Å². The first-order valence-corrected chi connectivity index (χ1v) is 11.2. The predicted molar refractivity (Wildman–Crippen MR) is 123 cm³/mol. The van der Waals surface area contributed by atoms with E-state index >= 15 is 0 Å². The molecule has 3 rings (SSSR count). The number of carbonyl (C=O) groups is 3. The van der Waals surface area contributed by atoms with Crippen molar-refractivity contribution in [1.29, 1.82) is 0 Å². The minimum absolute atomic E-state index is 0.0673. The number of carboxylic acid groups (broad SMARTS) is 1. The van der Waals surface area contributed by atoms with Gasteiger partial charge < -0.3 is 19.9 Å². The summed E-state index contributed by atoms with van der Waals surface area (Å²) in [7, 11) is 0. The maximum absolute atomic E-state index is 13.6. The summed E-state index contributed by atoms with van der Waals surface area (Å²) in [4.78, 5) is 37.9. The van der Waals surface area contributed by atoms with E-state index in [2.05, 4.69) is 5.32 Å². The van der Waals surface area contributed by atoms with Gasteiger partial charge in [-0.1, -0.05) is 17.7 Å². The van der Waals surface area contributed by atoms with Crippen molar-refractivity contribution < 1.29 is 37.7 Å². The number of carbonyl (C=O) groups excluding carboxylic acids is 2. The van der Waals surface area contributed by atoms with Gasteiger partial charge in [-0.3, -0.25) is 19.3 Å². The SMILES string of the molecule is Cc1ccc(OCC(=O)CN2CCC(NC(=O)COc3ccc(Cl)c(F)c3)CC2C(=O)O)cc1F. The molecule has 1 fully saturated rings. The van der Waals surface area contributed by atoms with E-state index < -0.39 is 35.6 Å². The number of ether oxygens (including phenoxy) is 2. The smallest absolute Gasteiger partial charge is 0.321 e. The second-order valence-electron chi connectivity index (χ2n) is 8.22. The highest BCUT2D eigenvalue weighted by Crippen LogP contribution is 2.21. The lowest BCUT2D eigenvalue weighted by Crippen LogP contribution is -2.54. The molecule has 1 saturated heterocycles. The fourth-order valence-electron chi connectivity index (χ4n) is 3.68. The van der Waals surface area contributed by atoms with Gasteiger partial charge in [-0.15, -0.1) is 0 Å². The number of piperidine rings is 1. The maximum atomic E-state index is 13.6. The van der Waals surface area contributed by atoms with Crippen LogP contribution in [0.25, 0.3) is 0 Å². The molecule has 11 heteroatoms. The lowest BCUT2D eigenvalue weighted by atomic mass is 9.96. The number of hydrogen-bond acceptors (Lipinski definition) is 6. The largest absolute Gasteiger partial charge is 0.486 e. The molecule has 2 aromatic rings. The van der Waals surface area contributed by atoms with E-state index in [1.54, 1.807) is 13.0 Å². The molecule has 8 nitrogen and oxygen atoms in total. The monoisotopic (exact) mass is 510 g/mol. The summed E-state index contributed by atoms with van der Waals surface area (Å²) >= 11 is 5.61. The van der Waals surface area contributed by atoms with E-state index in [0.717, 1.165) is 6.07 Å². The molecule has 2 N–H and O–H groups in total. The molecule has 0 spiro atoms. The van der Waals surface area contributed by atoms with Gasteiger partial charge in [-0.25, -0.2) is 8.78 Å². The number of halogens is 3. The Morgan fingerprint density at radius 2 is 1.74 bits per heavy atom. The summed E-state index contributed by atoms with van der Waals surface area (Å²) in [5, 5.41) is 12.3. The molecule has 0 aliphatic carbocycles. The molecular formula is C24H25ClF2N2O6. The van der Waals surface area contributed by atoms with Crippen molar-refractivity contribution in [2.45, 2.75) is 31.8 Å². The lowest BCUT2D eigenvalue weighted by molar-refractivity contribution is -0.146. The first kappa shape index (κ1) is 26.4. The summed E-state index contributed by atoms with van der Waals surface area (Å²) < 4.78 is 37.7. The van der Waals surface area contributed by atoms with Crippen molar-refractivity contribution >= 4 is 29.3 Å². The lowest BCUT2D eigenvalue weighted by Gasteiger charge is -2.36. The standard InChI is InChI=1S/C24H25ClF2N2O6/c1-14-2-3-17(9-20(14)26)34-12-16(30)11-29-7-6-15(8-22(29)24(32)33)28-23(31)13-35-18-4-5-19(25)21(27)10-18/h2-5,9-10,15,22H,6-8,11-13H2,1H3,(H,28,31)(H,32,33). The minimum Gasteiger partial charge on any atom is -0.486 e. The highest BCUT2D eigenvalue weighted by atomic mass is 35.5. The number of aryl methyl sites for hydroxylation is 1. The number of amides is 1. The highest BCUT2D eigenvalue weighted by molar-refractivity contribution is 6.30. The predicted octanol–water partition coefficient (Wildman–Crippen LogP) is 2.99. The first-order valence-electron chi connectivity index (χ1n) is 10.9. The fourth-order valence-corrected chi connectivity index (χ4v) is 3.79. The average molecular weight is 511 g/mol. The molecule has 0 aromatic heterocycles. The van der Waals surface area contributed by atoms with E-state index in [-0.39, 0.29) is 55.0 Å². The third kappa shape index (κ3) is 7.63. The maximum Gasteiger partial charge on any atom is 0.321 e. The molecule has 35 heavy (non-hydrogen) atoms. The van der Waals surface area contributed by atoms with Crippen molar-refractivity contribution in [3.63, 3.8) is 0 Å². The molecule has 2 aromatic carbocycles. The van der Waals surface area contributed by atoms with Crippen molar-refractivity contribution in [3.05, 3.63) is 58.6 Å². The summed E-state index contributed by atoms with van der Waals surface area (Å²) in [5.41, 5.74) is 0.452. The Kier molecular flexibility index (Phi) is 9.00. The van der Waals surface area contributed by atoms with Crippen LogP contribution in [0.15, 0.2) is 36.4 Å². The van der Waals surface area contributed by atoms with Crippen LogP contribution in [0.2, 0.25) is 5.02 Å². The third-order valence-electron chi connectivity index (χ3n) is 5.55. The highest BCUT2D eigenvalue weighted by Gasteiger charge is 2.35. The van der Waals surface area contributed by atoms with E-state index in [1.165, 1.54) is 29.2 Å². The number of likely N-dealkylation sites (tertiary alicyclic amines) is 1. The number of nitrogens with one attached hydrogen (secondary N) is 1. The van der Waals surface area contributed by atoms with Gasteiger partial charge in [0.25, 0.3) is 5.91 Å². The summed E-state index contributed by atoms with van der Waals surface area (Å²) in [6.07, 6.45) is 0.510. The molecular weight excluding hydrogens is 486 g/mol. The van der Waals surface area contributed by atoms with E-state index in [4.69, 9.17) is 21.1 Å². The van der Waals surface area contributed by atoms with Gasteiger partial charge in [0.05, 0.1) is 11.6 Å². The van der Waals surface area contributed by atoms with Crippen LogP contribution in [0.3, 0.4) is 0 Å². The Balaban J connectivity index is 1.47. The Morgan fingerprint density at radius 3 is 2.40 bits per heavy atom. The van der Waals surface area contributed by atoms with Crippen molar-refractivity contribution in [3.8, 4) is 11.5 Å². The first-order chi connectivity index (χ1) is 16.6. The number of hydrogen-bond donors (Lipinski definition) is 2. The zero-order chi connectivity index (χ0) is 25.5. The Bertz CT molecular complexity index is 1100. The van der Waals surface area contributed by atoms with Gasteiger partial charge in [-0.2, -0.15) is 0 Å². The van der Waals surface area contributed by atoms with Gasteiger partial charge in [0, 0.05) is 24.7 Å². The number of aliphatic carboxylic acids is 1. The second kappa shape index (κ2) is 11.9. The number of Topliss-reactive ketones (excluding diaryl/α,β-unsaturated/α-hetero) is 1. The van der Waals surface area contributed by atoms with Gasteiger partial charge in [-0.05, 0) is 43.5 Å². The van der Waals surface area contributed by atoms with Gasteiger partial charge >= 0.3 is 5.97 Å². The molecule has 2 atom stereocenters. The average Bonchev–Trinajstić information content (AvgIpc) is 2.81. The Morgan fingerprint density at radius 1 is 1.09 bits per heavy atom. The van der Waals surface area contributed by atoms with Gasteiger partial charge in [0.15, 0.2) is 12.4 Å². The molecule has 1 amide bonds. The van der Waals surface area contributed by atoms with Crippen molar-refractivity contribution in [2.24, 2.45) is 0 Å². The van der Waals surface area contributed by atoms with Crippen molar-refractivity contribution in [1.82, 2.24) is 10.2 Å². The molecule has 0 radical (unpaired) electrons. The van der Waals surface area contributed by atoms with Crippen LogP contribution in [0.1, 0.15) is 18.4 Å². The van der Waals surface area contributed by atoms with Crippen LogP contribution in [0.4, 0.5) is 8.78 Å². The van der Waals surface area contributed by atoms with E-state index in [0.29, 0.717) is 12.0 Å². The van der Waals surface area contributed by atoms with Crippen LogP contribution in [-0.2, 0) is 14.4 Å².